The van der Waals surface area contributed by atoms with Gasteiger partial charge in [-0.25, -0.2) is 9.59 Å². The normalized spacial score (nSPS) is 15.8. The zero-order valence-corrected chi connectivity index (χ0v) is 21.6. The molecule has 1 N–H and O–H groups in total. The van der Waals surface area contributed by atoms with Gasteiger partial charge in [-0.05, 0) is 26.3 Å². The van der Waals surface area contributed by atoms with Crippen molar-refractivity contribution in [1.29, 1.82) is 0 Å². The third kappa shape index (κ3) is 7.26. The summed E-state index contributed by atoms with van der Waals surface area (Å²) < 4.78 is 27.0. The third-order valence-electron chi connectivity index (χ3n) is 5.19. The van der Waals surface area contributed by atoms with E-state index in [1.807, 2.05) is 13.8 Å². The number of nitro groups is 1. The molecular formula is C24H31ClN2O9. The highest BCUT2D eigenvalue weighted by atomic mass is 35.5. The Kier molecular flexibility index (Phi) is 11.3. The number of ether oxygens (including phenoxy) is 5. The third-order valence-corrected chi connectivity index (χ3v) is 5.34. The van der Waals surface area contributed by atoms with Gasteiger partial charge in [-0.2, -0.15) is 0 Å². The summed E-state index contributed by atoms with van der Waals surface area (Å²) in [4.78, 5) is 37.5. The second-order valence-corrected chi connectivity index (χ2v) is 8.34. The van der Waals surface area contributed by atoms with Crippen LogP contribution in [0.3, 0.4) is 0 Å². The van der Waals surface area contributed by atoms with Crippen molar-refractivity contribution in [3.63, 3.8) is 0 Å². The van der Waals surface area contributed by atoms with Crippen molar-refractivity contribution >= 4 is 29.2 Å². The minimum atomic E-state index is -1.09. The minimum Gasteiger partial charge on any atom is -0.461 e. The first-order valence-electron chi connectivity index (χ1n) is 11.2. The van der Waals surface area contributed by atoms with Gasteiger partial charge in [-0.15, -0.1) is 11.6 Å². The average Bonchev–Trinajstić information content (AvgIpc) is 2.85. The molecule has 0 spiro atoms. The lowest BCUT2D eigenvalue weighted by Crippen LogP contribution is -2.39. The van der Waals surface area contributed by atoms with Crippen molar-refractivity contribution in [3.05, 3.63) is 62.5 Å². The maximum absolute atomic E-state index is 13.5. The number of nitrogens with one attached hydrogen (secondary N) is 1. The molecule has 0 aromatic heterocycles. The van der Waals surface area contributed by atoms with Gasteiger partial charge in [0.2, 0.25) is 0 Å². The number of dihydropyridines is 1. The highest BCUT2D eigenvalue weighted by Gasteiger charge is 2.41. The van der Waals surface area contributed by atoms with Gasteiger partial charge >= 0.3 is 11.9 Å². The molecule has 1 heterocycles. The topological polar surface area (TPSA) is 135 Å². The fourth-order valence-corrected chi connectivity index (χ4v) is 3.80. The van der Waals surface area contributed by atoms with Gasteiger partial charge in [0.05, 0.1) is 46.3 Å². The van der Waals surface area contributed by atoms with Crippen LogP contribution in [0.2, 0.25) is 0 Å². The Bertz CT molecular complexity index is 1020. The highest BCUT2D eigenvalue weighted by molar-refractivity contribution is 6.18. The molecule has 0 amide bonds. The van der Waals surface area contributed by atoms with E-state index in [2.05, 4.69) is 5.32 Å². The van der Waals surface area contributed by atoms with Crippen LogP contribution >= 0.6 is 11.6 Å². The number of carbonyl (C=O) groups excluding carboxylic acids is 2. The van der Waals surface area contributed by atoms with Crippen LogP contribution in [0.25, 0.3) is 0 Å². The van der Waals surface area contributed by atoms with Gasteiger partial charge in [0, 0.05) is 32.0 Å². The first-order chi connectivity index (χ1) is 17.2. The second-order valence-electron chi connectivity index (χ2n) is 7.96. The Balaban J connectivity index is 2.69. The van der Waals surface area contributed by atoms with Crippen molar-refractivity contribution in [2.75, 3.05) is 39.9 Å². The van der Waals surface area contributed by atoms with E-state index in [0.717, 1.165) is 0 Å². The summed E-state index contributed by atoms with van der Waals surface area (Å²) in [5.74, 6) is -2.55. The number of methoxy groups -OCH3 is 2. The lowest BCUT2D eigenvalue weighted by atomic mass is 9.80. The van der Waals surface area contributed by atoms with Crippen LogP contribution in [-0.4, -0.2) is 69.2 Å². The Labute approximate surface area is 214 Å². The molecule has 1 aromatic carbocycles. The maximum atomic E-state index is 13.5. The van der Waals surface area contributed by atoms with Crippen molar-refractivity contribution < 1.29 is 38.2 Å². The summed E-state index contributed by atoms with van der Waals surface area (Å²) in [5, 5.41) is 14.5. The number of halogens is 1. The molecule has 0 bridgehead atoms. The second kappa shape index (κ2) is 13.9. The molecule has 198 valence electrons. The molecule has 0 radical (unpaired) electrons. The first-order valence-corrected chi connectivity index (χ1v) is 11.7. The molecule has 1 aliphatic rings. The van der Waals surface area contributed by atoms with E-state index < -0.39 is 29.1 Å². The van der Waals surface area contributed by atoms with Gasteiger partial charge in [-0.3, -0.25) is 10.1 Å². The van der Waals surface area contributed by atoms with Crippen molar-refractivity contribution in [2.24, 2.45) is 0 Å². The van der Waals surface area contributed by atoms with E-state index in [-0.39, 0.29) is 54.3 Å². The SMILES string of the molecule is COC(OC)C1=C(C(=O)OCCOC(C)C)C(c2cccc([N+](=O)[O-])c2)C(C(=O)OCCCl)=C(C)N1. The minimum absolute atomic E-state index is 0.0165. The predicted molar refractivity (Wildman–Crippen MR) is 130 cm³/mol. The van der Waals surface area contributed by atoms with E-state index >= 15 is 0 Å². The highest BCUT2D eigenvalue weighted by Crippen LogP contribution is 2.41. The molecule has 11 nitrogen and oxygen atoms in total. The summed E-state index contributed by atoms with van der Waals surface area (Å²) in [6.07, 6.45) is -1.09. The largest absolute Gasteiger partial charge is 0.461 e. The van der Waals surface area contributed by atoms with Crippen LogP contribution < -0.4 is 5.32 Å². The fourth-order valence-electron chi connectivity index (χ4n) is 3.73. The Morgan fingerprint density at radius 3 is 2.31 bits per heavy atom. The zero-order chi connectivity index (χ0) is 26.8. The van der Waals surface area contributed by atoms with E-state index in [0.29, 0.717) is 11.3 Å². The molecule has 1 atom stereocenters. The van der Waals surface area contributed by atoms with Crippen molar-refractivity contribution in [3.8, 4) is 0 Å². The monoisotopic (exact) mass is 526 g/mol. The fraction of sp³-hybridized carbons (Fsp3) is 0.500. The van der Waals surface area contributed by atoms with Gasteiger partial charge in [0.1, 0.15) is 13.2 Å². The molecule has 1 aliphatic heterocycles. The number of esters is 2. The van der Waals surface area contributed by atoms with Crippen molar-refractivity contribution in [1.82, 2.24) is 5.32 Å². The van der Waals surface area contributed by atoms with Gasteiger partial charge in [-0.1, -0.05) is 12.1 Å². The molecule has 36 heavy (non-hydrogen) atoms. The number of carbonyl (C=O) groups is 2. The maximum Gasteiger partial charge on any atom is 0.337 e. The van der Waals surface area contributed by atoms with Crippen molar-refractivity contribution in [2.45, 2.75) is 39.1 Å². The molecule has 0 fully saturated rings. The summed E-state index contributed by atoms with van der Waals surface area (Å²) in [6, 6.07) is 5.65. The number of rotatable bonds is 13. The van der Waals surface area contributed by atoms with Crippen LogP contribution in [0, 0.1) is 10.1 Å². The van der Waals surface area contributed by atoms with Crippen LogP contribution in [0.5, 0.6) is 0 Å². The number of hydrogen-bond donors (Lipinski definition) is 1. The summed E-state index contributed by atoms with van der Waals surface area (Å²) >= 11 is 5.69. The summed E-state index contributed by atoms with van der Waals surface area (Å²) in [5.41, 5.74) is 0.680. The Morgan fingerprint density at radius 2 is 1.72 bits per heavy atom. The smallest absolute Gasteiger partial charge is 0.337 e. The number of hydrogen-bond acceptors (Lipinski definition) is 10. The number of alkyl halides is 1. The van der Waals surface area contributed by atoms with Crippen LogP contribution in [-0.2, 0) is 33.3 Å². The molecule has 0 saturated heterocycles. The molecule has 0 aliphatic carbocycles. The number of allylic oxidation sites excluding steroid dienone is 1. The number of benzene rings is 1. The zero-order valence-electron chi connectivity index (χ0n) is 20.9. The summed E-state index contributed by atoms with van der Waals surface area (Å²) in [6.45, 7) is 5.33. The standard InChI is InChI=1S/C24H31ClN2O9/c1-14(2)34-11-12-36-23(29)20-19(16-7-6-8-17(13-16)27(30)31)18(22(28)35-10-9-25)15(3)26-21(20)24(32-4)33-5/h6-8,13-14,19,24,26H,9-12H2,1-5H3. The van der Waals surface area contributed by atoms with Gasteiger partial charge in [0.15, 0.2) is 6.29 Å². The average molecular weight is 527 g/mol. The summed E-state index contributed by atoms with van der Waals surface area (Å²) in [7, 11) is 2.77. The molecule has 2 rings (SSSR count). The Hall–Kier alpha value is -2.99. The molecular weight excluding hydrogens is 496 g/mol. The van der Waals surface area contributed by atoms with Crippen LogP contribution in [0.15, 0.2) is 46.8 Å². The number of non-ortho nitro benzene ring substituents is 1. The first kappa shape index (κ1) is 29.2. The quantitative estimate of drug-likeness (QED) is 0.102. The number of nitrogens with zero attached hydrogens (tertiary/aromatic N) is 1. The molecule has 1 aromatic rings. The van der Waals surface area contributed by atoms with Gasteiger partial charge in [0.25, 0.3) is 5.69 Å². The van der Waals surface area contributed by atoms with E-state index in [4.69, 9.17) is 35.3 Å². The van der Waals surface area contributed by atoms with Crippen LogP contribution in [0.1, 0.15) is 32.3 Å². The lowest BCUT2D eigenvalue weighted by Gasteiger charge is -2.33. The molecule has 1 unspecified atom stereocenters. The molecule has 0 saturated carbocycles. The lowest BCUT2D eigenvalue weighted by molar-refractivity contribution is -0.384. The Morgan fingerprint density at radius 1 is 1.08 bits per heavy atom. The van der Waals surface area contributed by atoms with E-state index in [1.165, 1.54) is 32.4 Å². The molecule has 12 heteroatoms. The van der Waals surface area contributed by atoms with E-state index in [9.17, 15) is 19.7 Å². The van der Waals surface area contributed by atoms with Gasteiger partial charge < -0.3 is 29.0 Å². The predicted octanol–water partition coefficient (Wildman–Crippen LogP) is 3.18. The van der Waals surface area contributed by atoms with E-state index in [1.54, 1.807) is 13.0 Å². The number of nitro benzene ring substituents is 1. The van der Waals surface area contributed by atoms with Crippen LogP contribution in [0.4, 0.5) is 5.69 Å².